The molecule has 0 radical (unpaired) electrons. The van der Waals surface area contributed by atoms with Crippen LogP contribution in [0.25, 0.3) is 5.57 Å². The van der Waals surface area contributed by atoms with Crippen LogP contribution in [0.2, 0.25) is 0 Å². The van der Waals surface area contributed by atoms with Crippen molar-refractivity contribution in [1.29, 1.82) is 0 Å². The molecule has 0 fully saturated rings. The Hall–Kier alpha value is -3.93. The van der Waals surface area contributed by atoms with E-state index in [9.17, 15) is 14.0 Å². The maximum absolute atomic E-state index is 13.9. The lowest BCUT2D eigenvalue weighted by Gasteiger charge is -2.21. The number of rotatable bonds is 6. The Kier molecular flexibility index (Phi) is 5.42. The first-order valence-electron chi connectivity index (χ1n) is 11.1. The number of carbonyl (C=O) groups is 2. The van der Waals surface area contributed by atoms with Crippen LogP contribution in [0, 0.1) is 5.82 Å². The quantitative estimate of drug-likeness (QED) is 0.506. The SMILES string of the molecule is CCCOc1ccc(C2=C(N3CCc4ccccc43)C(=O)N(c3cccc(F)c3)C2=O)cc1. The summed E-state index contributed by atoms with van der Waals surface area (Å²) in [6.45, 7) is 3.22. The van der Waals surface area contributed by atoms with Crippen LogP contribution in [-0.2, 0) is 16.0 Å². The lowest BCUT2D eigenvalue weighted by Crippen LogP contribution is -2.34. The van der Waals surface area contributed by atoms with Crippen molar-refractivity contribution < 1.29 is 18.7 Å². The zero-order valence-electron chi connectivity index (χ0n) is 18.3. The van der Waals surface area contributed by atoms with Crippen molar-refractivity contribution in [3.05, 3.63) is 95.4 Å². The molecule has 0 aliphatic carbocycles. The predicted octanol–water partition coefficient (Wildman–Crippen LogP) is 4.96. The van der Waals surface area contributed by atoms with Gasteiger partial charge in [0.05, 0.1) is 17.9 Å². The molecule has 3 aromatic rings. The summed E-state index contributed by atoms with van der Waals surface area (Å²) in [4.78, 5) is 30.3. The summed E-state index contributed by atoms with van der Waals surface area (Å²) in [5, 5.41) is 0. The van der Waals surface area contributed by atoms with Crippen LogP contribution < -0.4 is 14.5 Å². The average Bonchev–Trinajstić information content (AvgIpc) is 3.36. The minimum absolute atomic E-state index is 0.216. The lowest BCUT2D eigenvalue weighted by atomic mass is 10.0. The molecule has 0 N–H and O–H groups in total. The Bertz CT molecular complexity index is 1270. The molecule has 5 rings (SSSR count). The van der Waals surface area contributed by atoms with E-state index in [1.165, 1.54) is 18.2 Å². The number of halogens is 1. The molecule has 3 aromatic carbocycles. The van der Waals surface area contributed by atoms with E-state index < -0.39 is 17.6 Å². The molecular formula is C27H23FN2O3. The van der Waals surface area contributed by atoms with Crippen LogP contribution in [-0.4, -0.2) is 25.0 Å². The van der Waals surface area contributed by atoms with Gasteiger partial charge in [0.15, 0.2) is 0 Å². The topological polar surface area (TPSA) is 49.9 Å². The normalized spacial score (nSPS) is 15.5. The van der Waals surface area contributed by atoms with Gasteiger partial charge in [-0.05, 0) is 60.4 Å². The summed E-state index contributed by atoms with van der Waals surface area (Å²) >= 11 is 0. The fourth-order valence-electron chi connectivity index (χ4n) is 4.39. The van der Waals surface area contributed by atoms with Crippen LogP contribution in [0.5, 0.6) is 5.75 Å². The first-order chi connectivity index (χ1) is 16.1. The summed E-state index contributed by atoms with van der Waals surface area (Å²) < 4.78 is 19.6. The van der Waals surface area contributed by atoms with Gasteiger partial charge >= 0.3 is 0 Å². The molecule has 2 amide bonds. The van der Waals surface area contributed by atoms with Crippen LogP contribution in [0.4, 0.5) is 15.8 Å². The van der Waals surface area contributed by atoms with E-state index in [2.05, 4.69) is 0 Å². The number of amides is 2. The second-order valence-corrected chi connectivity index (χ2v) is 8.05. The van der Waals surface area contributed by atoms with Crippen LogP contribution >= 0.6 is 0 Å². The van der Waals surface area contributed by atoms with Gasteiger partial charge in [-0.15, -0.1) is 0 Å². The van der Waals surface area contributed by atoms with E-state index in [-0.39, 0.29) is 5.69 Å². The zero-order chi connectivity index (χ0) is 22.9. The average molecular weight is 442 g/mol. The number of anilines is 2. The molecular weight excluding hydrogens is 419 g/mol. The number of hydrogen-bond donors (Lipinski definition) is 0. The number of carbonyl (C=O) groups excluding carboxylic acids is 2. The molecule has 166 valence electrons. The zero-order valence-corrected chi connectivity index (χ0v) is 18.3. The Labute approximate surface area is 191 Å². The first kappa shape index (κ1) is 20.9. The molecule has 2 aliphatic heterocycles. The molecule has 0 saturated carbocycles. The molecule has 0 spiro atoms. The second-order valence-electron chi connectivity index (χ2n) is 8.05. The number of ether oxygens (including phenoxy) is 1. The Balaban J connectivity index is 1.62. The predicted molar refractivity (Wildman–Crippen MR) is 126 cm³/mol. The Morgan fingerprint density at radius 2 is 1.73 bits per heavy atom. The monoisotopic (exact) mass is 442 g/mol. The maximum atomic E-state index is 13.9. The third kappa shape index (κ3) is 3.67. The second kappa shape index (κ2) is 8.54. The summed E-state index contributed by atoms with van der Waals surface area (Å²) in [5.41, 5.74) is 3.50. The molecule has 0 bridgehead atoms. The third-order valence-electron chi connectivity index (χ3n) is 5.90. The van der Waals surface area contributed by atoms with E-state index >= 15 is 0 Å². The molecule has 33 heavy (non-hydrogen) atoms. The smallest absolute Gasteiger partial charge is 0.282 e. The molecule has 2 aliphatic rings. The number of hydrogen-bond acceptors (Lipinski definition) is 4. The minimum Gasteiger partial charge on any atom is -0.494 e. The van der Waals surface area contributed by atoms with Gasteiger partial charge in [0, 0.05) is 12.2 Å². The van der Waals surface area contributed by atoms with E-state index in [4.69, 9.17) is 4.74 Å². The van der Waals surface area contributed by atoms with Crippen molar-refractivity contribution in [3.8, 4) is 5.75 Å². The van der Waals surface area contributed by atoms with Crippen molar-refractivity contribution in [2.24, 2.45) is 0 Å². The van der Waals surface area contributed by atoms with Gasteiger partial charge in [0.1, 0.15) is 17.3 Å². The highest BCUT2D eigenvalue weighted by molar-refractivity contribution is 6.46. The van der Waals surface area contributed by atoms with Gasteiger partial charge in [0.2, 0.25) is 0 Å². The molecule has 0 unspecified atom stereocenters. The van der Waals surface area contributed by atoms with Crippen LogP contribution in [0.15, 0.2) is 78.5 Å². The van der Waals surface area contributed by atoms with Gasteiger partial charge in [-0.2, -0.15) is 0 Å². The highest BCUT2D eigenvalue weighted by Crippen LogP contribution is 2.40. The van der Waals surface area contributed by atoms with Gasteiger partial charge in [-0.3, -0.25) is 9.59 Å². The third-order valence-corrected chi connectivity index (χ3v) is 5.90. The fraction of sp³-hybridized carbons (Fsp3) is 0.185. The van der Waals surface area contributed by atoms with Crippen molar-refractivity contribution in [3.63, 3.8) is 0 Å². The van der Waals surface area contributed by atoms with Crippen molar-refractivity contribution in [2.75, 3.05) is 23.0 Å². The van der Waals surface area contributed by atoms with E-state index in [0.717, 1.165) is 29.0 Å². The Morgan fingerprint density at radius 1 is 0.939 bits per heavy atom. The number of imide groups is 1. The number of nitrogens with zero attached hydrogens (tertiary/aromatic N) is 2. The standard InChI is InChI=1S/C27H23FN2O3/c1-2-16-33-22-12-10-19(11-13-22)24-25(29-15-14-18-6-3-4-9-23(18)29)27(32)30(26(24)31)21-8-5-7-20(28)17-21/h3-13,17H,2,14-16H2,1H3. The largest absolute Gasteiger partial charge is 0.494 e. The van der Waals surface area contributed by atoms with Crippen LogP contribution in [0.1, 0.15) is 24.5 Å². The molecule has 5 nitrogen and oxygen atoms in total. The van der Waals surface area contributed by atoms with Gasteiger partial charge < -0.3 is 9.64 Å². The highest BCUT2D eigenvalue weighted by Gasteiger charge is 2.44. The van der Waals surface area contributed by atoms with Gasteiger partial charge in [-0.25, -0.2) is 9.29 Å². The van der Waals surface area contributed by atoms with E-state index in [1.54, 1.807) is 30.3 Å². The van der Waals surface area contributed by atoms with Crippen molar-refractivity contribution >= 4 is 28.8 Å². The van der Waals surface area contributed by atoms with Crippen molar-refractivity contribution in [1.82, 2.24) is 0 Å². The fourth-order valence-corrected chi connectivity index (χ4v) is 4.39. The lowest BCUT2D eigenvalue weighted by molar-refractivity contribution is -0.120. The van der Waals surface area contributed by atoms with Crippen molar-refractivity contribution in [2.45, 2.75) is 19.8 Å². The molecule has 0 atom stereocenters. The molecule has 0 aromatic heterocycles. The van der Waals surface area contributed by atoms with E-state index in [0.29, 0.717) is 35.7 Å². The maximum Gasteiger partial charge on any atom is 0.282 e. The number of fused-ring (bicyclic) bond motifs is 1. The number of benzene rings is 3. The molecule has 0 saturated heterocycles. The number of para-hydroxylation sites is 1. The summed E-state index contributed by atoms with van der Waals surface area (Å²) in [6.07, 6.45) is 1.67. The minimum atomic E-state index is -0.507. The summed E-state index contributed by atoms with van der Waals surface area (Å²) in [6, 6.07) is 20.6. The first-order valence-corrected chi connectivity index (χ1v) is 11.1. The molecule has 2 heterocycles. The summed E-state index contributed by atoms with van der Waals surface area (Å²) in [7, 11) is 0. The van der Waals surface area contributed by atoms with E-state index in [1.807, 2.05) is 36.1 Å². The molecule has 6 heteroatoms. The summed E-state index contributed by atoms with van der Waals surface area (Å²) in [5.74, 6) is -0.726. The van der Waals surface area contributed by atoms with Gasteiger partial charge in [-0.1, -0.05) is 43.3 Å². The van der Waals surface area contributed by atoms with Gasteiger partial charge in [0.25, 0.3) is 11.8 Å². The highest BCUT2D eigenvalue weighted by atomic mass is 19.1. The Morgan fingerprint density at radius 3 is 2.48 bits per heavy atom. The van der Waals surface area contributed by atoms with Crippen LogP contribution in [0.3, 0.4) is 0 Å².